The number of nitrogen functional groups attached to an aromatic ring is 1. The number of azo groups is 1. The van der Waals surface area contributed by atoms with Crippen molar-refractivity contribution >= 4 is 70.2 Å². The van der Waals surface area contributed by atoms with E-state index in [1.165, 1.54) is 6.07 Å². The van der Waals surface area contributed by atoms with E-state index in [1.807, 2.05) is 0 Å². The second-order valence-electron chi connectivity index (χ2n) is 7.78. The number of aromatic hydroxyl groups is 1. The van der Waals surface area contributed by atoms with Gasteiger partial charge < -0.3 is 34.7 Å². The molecule has 0 aromatic heterocycles. The van der Waals surface area contributed by atoms with Crippen LogP contribution in [0.5, 0.6) is 17.2 Å². The molecule has 0 unspecified atom stereocenters. The number of ether oxygens (including phenoxy) is 2. The van der Waals surface area contributed by atoms with Crippen LogP contribution in [0.3, 0.4) is 0 Å². The Kier molecular flexibility index (Phi) is 18.3. The van der Waals surface area contributed by atoms with Gasteiger partial charge in [-0.3, -0.25) is 9.22 Å². The number of fused-ring (bicyclic) bond motifs is 1. The molecule has 45 heavy (non-hydrogen) atoms. The zero-order valence-electron chi connectivity index (χ0n) is 24.1. The van der Waals surface area contributed by atoms with Crippen molar-refractivity contribution in [1.29, 1.82) is 0 Å². The van der Waals surface area contributed by atoms with E-state index in [4.69, 9.17) is 15.2 Å². The standard InChI is InChI=1S/C20H21N3O15S4.3Na/c1-34-14-9-16(40(26,27)4-3-36-42(31,32)33)15(35-2)8-12(14)22-23-20-17(41(28,29)30)6-10-5-11(39-38-37-25)7-13(24)18(10)19(20)21;;;/h5-9,24-25H,3-4,21H2,1-2H3,(H,28,29,30)(H,31,32,33);;;/q;3*+1/p-3. The first-order valence-electron chi connectivity index (χ1n) is 10.7. The Labute approximate surface area is 327 Å². The summed E-state index contributed by atoms with van der Waals surface area (Å²) in [4.78, 5) is -1.38. The third-order valence-electron chi connectivity index (χ3n) is 5.23. The van der Waals surface area contributed by atoms with Crippen molar-refractivity contribution in [2.75, 3.05) is 32.3 Å². The van der Waals surface area contributed by atoms with Crippen molar-refractivity contribution in [3.8, 4) is 17.2 Å². The maximum Gasteiger partial charge on any atom is 1.00 e. The Morgan fingerprint density at radius 1 is 0.889 bits per heavy atom. The number of anilines is 1. The average molecular weight is 738 g/mol. The topological polar surface area (TPSA) is 289 Å². The molecule has 0 amide bonds. The van der Waals surface area contributed by atoms with Crippen LogP contribution >= 0.6 is 12.0 Å². The average Bonchev–Trinajstić information content (AvgIpc) is 2.88. The fourth-order valence-electron chi connectivity index (χ4n) is 3.52. The van der Waals surface area contributed by atoms with E-state index in [-0.39, 0.29) is 122 Å². The number of nitrogens with zero attached hydrogens (tertiary/aromatic N) is 2. The van der Waals surface area contributed by atoms with Crippen molar-refractivity contribution in [1.82, 2.24) is 0 Å². The van der Waals surface area contributed by atoms with Crippen LogP contribution in [0.25, 0.3) is 10.8 Å². The Bertz CT molecular complexity index is 1880. The zero-order valence-corrected chi connectivity index (χ0v) is 33.3. The van der Waals surface area contributed by atoms with Gasteiger partial charge in [0.05, 0.1) is 49.2 Å². The zero-order chi connectivity index (χ0) is 31.5. The van der Waals surface area contributed by atoms with Gasteiger partial charge in [0, 0.05) is 22.4 Å². The fraction of sp³-hybridized carbons (Fsp3) is 0.200. The molecule has 0 heterocycles. The second kappa shape index (κ2) is 18.4. The van der Waals surface area contributed by atoms with Crippen molar-refractivity contribution in [3.05, 3.63) is 30.3 Å². The number of methoxy groups -OCH3 is 2. The summed E-state index contributed by atoms with van der Waals surface area (Å²) in [5.74, 6) is -2.06. The van der Waals surface area contributed by atoms with Crippen LogP contribution in [-0.4, -0.2) is 66.0 Å². The molecule has 25 heteroatoms. The number of phenolic OH excluding ortho intramolecular Hbond substituents is 1. The molecule has 0 bridgehead atoms. The summed E-state index contributed by atoms with van der Waals surface area (Å²) >= 11 is 0.375. The van der Waals surface area contributed by atoms with E-state index in [0.29, 0.717) is 12.0 Å². The minimum absolute atomic E-state index is 0. The molecule has 0 saturated heterocycles. The first kappa shape index (κ1) is 44.7. The van der Waals surface area contributed by atoms with Crippen LogP contribution in [0.4, 0.5) is 17.1 Å². The Hall–Kier alpha value is -0.320. The van der Waals surface area contributed by atoms with Gasteiger partial charge in [0.1, 0.15) is 43.6 Å². The van der Waals surface area contributed by atoms with Gasteiger partial charge in [-0.25, -0.2) is 25.3 Å². The molecular formula is C20H18N3Na3O15S4. The number of hydrogen-bond donors (Lipinski definition) is 2. The van der Waals surface area contributed by atoms with Crippen molar-refractivity contribution in [3.63, 3.8) is 0 Å². The third kappa shape index (κ3) is 11.7. The number of benzene rings is 3. The van der Waals surface area contributed by atoms with E-state index in [0.717, 1.165) is 38.5 Å². The quantitative estimate of drug-likeness (QED) is 0.0241. The molecular weight excluding hydrogens is 719 g/mol. The third-order valence-corrected chi connectivity index (χ3v) is 8.78. The number of nitrogens with two attached hydrogens (primary N) is 1. The summed E-state index contributed by atoms with van der Waals surface area (Å²) in [5.41, 5.74) is 4.66. The minimum atomic E-state index is -5.26. The van der Waals surface area contributed by atoms with E-state index in [1.54, 1.807) is 0 Å². The van der Waals surface area contributed by atoms with Gasteiger partial charge in [-0.05, 0) is 23.6 Å². The van der Waals surface area contributed by atoms with Gasteiger partial charge in [-0.2, -0.15) is 4.33 Å². The summed E-state index contributed by atoms with van der Waals surface area (Å²) in [5, 5.41) is 31.2. The maximum atomic E-state index is 12.8. The first-order valence-corrected chi connectivity index (χ1v) is 15.8. The summed E-state index contributed by atoms with van der Waals surface area (Å²) in [6.07, 6.45) is 0. The molecule has 3 aromatic carbocycles. The predicted molar refractivity (Wildman–Crippen MR) is 137 cm³/mol. The fourth-order valence-corrected chi connectivity index (χ4v) is 6.27. The van der Waals surface area contributed by atoms with Crippen LogP contribution < -0.4 is 109 Å². The molecule has 3 rings (SSSR count). The molecule has 0 radical (unpaired) electrons. The van der Waals surface area contributed by atoms with E-state index >= 15 is 0 Å². The van der Waals surface area contributed by atoms with Crippen LogP contribution in [-0.2, 0) is 43.9 Å². The molecule has 0 fully saturated rings. The van der Waals surface area contributed by atoms with Crippen LogP contribution in [0.2, 0.25) is 0 Å². The second-order valence-corrected chi connectivity index (χ2v) is 13.0. The molecule has 3 aromatic rings. The Morgan fingerprint density at radius 2 is 1.51 bits per heavy atom. The Balaban J connectivity index is 0.00000645. The van der Waals surface area contributed by atoms with Crippen LogP contribution in [0.1, 0.15) is 0 Å². The van der Waals surface area contributed by atoms with E-state index in [9.17, 15) is 44.7 Å². The van der Waals surface area contributed by atoms with Gasteiger partial charge in [0.15, 0.2) is 9.84 Å². The molecule has 0 aliphatic carbocycles. The summed E-state index contributed by atoms with van der Waals surface area (Å²) in [6, 6.07) is 5.13. The molecule has 0 atom stereocenters. The van der Waals surface area contributed by atoms with Crippen LogP contribution in [0, 0.1) is 0 Å². The largest absolute Gasteiger partial charge is 1.00 e. The molecule has 0 aliphatic rings. The van der Waals surface area contributed by atoms with Gasteiger partial charge in [-0.15, -0.1) is 10.2 Å². The maximum absolute atomic E-state index is 12.8. The number of phenols is 1. The number of sulfone groups is 1. The van der Waals surface area contributed by atoms with Crippen molar-refractivity contribution < 1.29 is 156 Å². The molecule has 230 valence electrons. The first-order chi connectivity index (χ1) is 19.5. The number of hydrogen-bond acceptors (Lipinski definition) is 19. The molecule has 18 nitrogen and oxygen atoms in total. The smallest absolute Gasteiger partial charge is 0.744 e. The molecule has 3 N–H and O–H groups in total. The van der Waals surface area contributed by atoms with Gasteiger partial charge in [0.25, 0.3) is 0 Å². The summed E-state index contributed by atoms with van der Waals surface area (Å²) in [7, 11) is -12.5. The van der Waals surface area contributed by atoms with Crippen molar-refractivity contribution in [2.24, 2.45) is 10.2 Å². The van der Waals surface area contributed by atoms with Gasteiger partial charge in [-0.1, -0.05) is 0 Å². The Morgan fingerprint density at radius 3 is 2.04 bits per heavy atom. The molecule has 0 aliphatic heterocycles. The molecule has 0 saturated carbocycles. The molecule has 0 spiro atoms. The van der Waals surface area contributed by atoms with E-state index in [2.05, 4.69) is 23.8 Å². The number of rotatable bonds is 13. The SMILES string of the molecule is COc1cc(S(=O)(=O)CCOS(=O)(=O)[O-])c(OC)cc1N=Nc1c(S(=O)(=O)[O-])cc2cc(SOO[O-])cc(O)c2c1N.[Na+].[Na+].[Na+]. The minimum Gasteiger partial charge on any atom is -0.744 e. The van der Waals surface area contributed by atoms with Crippen LogP contribution in [0.15, 0.2) is 55.2 Å². The monoisotopic (exact) mass is 737 g/mol. The van der Waals surface area contributed by atoms with Crippen molar-refractivity contribution in [2.45, 2.75) is 14.7 Å². The van der Waals surface area contributed by atoms with Gasteiger partial charge in [0.2, 0.25) is 10.4 Å². The normalized spacial score (nSPS) is 11.8. The van der Waals surface area contributed by atoms with E-state index < -0.39 is 69.6 Å². The predicted octanol–water partition coefficient (Wildman–Crippen LogP) is -8.04. The summed E-state index contributed by atoms with van der Waals surface area (Å²) < 4.78 is 112. The summed E-state index contributed by atoms with van der Waals surface area (Å²) in [6.45, 7) is -0.985. The van der Waals surface area contributed by atoms with Gasteiger partial charge >= 0.3 is 88.7 Å².